The number of benzene rings is 1. The SMILES string of the molecule is CCC1(c2ccc(F)cc2)CO1. The van der Waals surface area contributed by atoms with E-state index >= 15 is 0 Å². The highest BCUT2D eigenvalue weighted by Crippen LogP contribution is 2.41. The smallest absolute Gasteiger partial charge is 0.123 e. The summed E-state index contributed by atoms with van der Waals surface area (Å²) >= 11 is 0. The lowest BCUT2D eigenvalue weighted by atomic mass is 9.97. The van der Waals surface area contributed by atoms with E-state index in [0.29, 0.717) is 0 Å². The molecule has 0 radical (unpaired) electrons. The van der Waals surface area contributed by atoms with E-state index in [2.05, 4.69) is 6.92 Å². The molecule has 1 aromatic carbocycles. The zero-order chi connectivity index (χ0) is 8.60. The lowest BCUT2D eigenvalue weighted by molar-refractivity contribution is 0.301. The van der Waals surface area contributed by atoms with E-state index in [1.54, 1.807) is 12.1 Å². The number of hydrogen-bond acceptors (Lipinski definition) is 1. The molecule has 1 aliphatic heterocycles. The summed E-state index contributed by atoms with van der Waals surface area (Å²) in [4.78, 5) is 0. The molecule has 1 aromatic rings. The van der Waals surface area contributed by atoms with E-state index in [4.69, 9.17) is 4.74 Å². The second kappa shape index (κ2) is 2.56. The average Bonchev–Trinajstić information content (AvgIpc) is 2.86. The lowest BCUT2D eigenvalue weighted by Gasteiger charge is -2.07. The van der Waals surface area contributed by atoms with E-state index in [9.17, 15) is 4.39 Å². The van der Waals surface area contributed by atoms with Gasteiger partial charge in [0.05, 0.1) is 6.61 Å². The molecule has 1 atom stereocenters. The minimum atomic E-state index is -0.189. The quantitative estimate of drug-likeness (QED) is 0.615. The molecule has 1 unspecified atom stereocenters. The normalized spacial score (nSPS) is 27.2. The van der Waals surface area contributed by atoms with Crippen molar-refractivity contribution >= 4 is 0 Å². The Labute approximate surface area is 71.2 Å². The van der Waals surface area contributed by atoms with Crippen LogP contribution >= 0.6 is 0 Å². The third kappa shape index (κ3) is 1.12. The number of rotatable bonds is 2. The molecule has 0 spiro atoms. The van der Waals surface area contributed by atoms with Crippen LogP contribution in [-0.2, 0) is 10.3 Å². The second-order valence-electron chi connectivity index (χ2n) is 3.14. The van der Waals surface area contributed by atoms with Gasteiger partial charge in [-0.15, -0.1) is 0 Å². The van der Waals surface area contributed by atoms with Gasteiger partial charge in [0.1, 0.15) is 11.4 Å². The van der Waals surface area contributed by atoms with Crippen molar-refractivity contribution in [3.8, 4) is 0 Å². The summed E-state index contributed by atoms with van der Waals surface area (Å²) in [5.74, 6) is -0.189. The van der Waals surface area contributed by atoms with Crippen LogP contribution in [-0.4, -0.2) is 6.61 Å². The van der Waals surface area contributed by atoms with Gasteiger partial charge < -0.3 is 4.74 Å². The van der Waals surface area contributed by atoms with Crippen LogP contribution < -0.4 is 0 Å². The van der Waals surface area contributed by atoms with Crippen molar-refractivity contribution in [2.75, 3.05) is 6.61 Å². The van der Waals surface area contributed by atoms with Gasteiger partial charge in [0, 0.05) is 0 Å². The van der Waals surface area contributed by atoms with Crippen LogP contribution in [0, 0.1) is 5.82 Å². The largest absolute Gasteiger partial charge is 0.365 e. The highest BCUT2D eigenvalue weighted by atomic mass is 19.1. The van der Waals surface area contributed by atoms with Gasteiger partial charge in [0.2, 0.25) is 0 Å². The molecule has 1 saturated heterocycles. The fraction of sp³-hybridized carbons (Fsp3) is 0.400. The maximum atomic E-state index is 12.6. The van der Waals surface area contributed by atoms with Crippen molar-refractivity contribution in [2.45, 2.75) is 18.9 Å². The Morgan fingerprint density at radius 3 is 2.42 bits per heavy atom. The summed E-state index contributed by atoms with van der Waals surface area (Å²) in [6, 6.07) is 6.56. The fourth-order valence-electron chi connectivity index (χ4n) is 1.42. The maximum Gasteiger partial charge on any atom is 0.123 e. The van der Waals surface area contributed by atoms with Crippen molar-refractivity contribution in [2.24, 2.45) is 0 Å². The molecule has 0 aromatic heterocycles. The van der Waals surface area contributed by atoms with Gasteiger partial charge in [-0.1, -0.05) is 19.1 Å². The molecule has 1 nitrogen and oxygen atoms in total. The monoisotopic (exact) mass is 166 g/mol. The predicted octanol–water partition coefficient (Wildman–Crippen LogP) is 2.46. The molecular formula is C10H11FO. The number of ether oxygens (including phenoxy) is 1. The summed E-state index contributed by atoms with van der Waals surface area (Å²) in [7, 11) is 0. The Hall–Kier alpha value is -0.890. The summed E-state index contributed by atoms with van der Waals surface area (Å²) in [6.45, 7) is 2.85. The fourth-order valence-corrected chi connectivity index (χ4v) is 1.42. The Morgan fingerprint density at radius 2 is 2.00 bits per heavy atom. The third-order valence-electron chi connectivity index (χ3n) is 2.43. The highest BCUT2D eigenvalue weighted by molar-refractivity contribution is 5.26. The number of epoxide rings is 1. The van der Waals surface area contributed by atoms with Crippen LogP contribution in [0.15, 0.2) is 24.3 Å². The van der Waals surface area contributed by atoms with Crippen molar-refractivity contribution in [3.63, 3.8) is 0 Å². The standard InChI is InChI=1S/C10H11FO/c1-2-10(7-12-10)8-3-5-9(11)6-4-8/h3-6H,2,7H2,1H3. The van der Waals surface area contributed by atoms with Gasteiger partial charge in [-0.25, -0.2) is 4.39 Å². The molecule has 0 bridgehead atoms. The summed E-state index contributed by atoms with van der Waals surface area (Å²) in [6.07, 6.45) is 0.957. The van der Waals surface area contributed by atoms with Gasteiger partial charge in [0.25, 0.3) is 0 Å². The van der Waals surface area contributed by atoms with Gasteiger partial charge >= 0.3 is 0 Å². The minimum absolute atomic E-state index is 0.0896. The first-order valence-corrected chi connectivity index (χ1v) is 4.17. The highest BCUT2D eigenvalue weighted by Gasteiger charge is 2.44. The predicted molar refractivity (Wildman–Crippen MR) is 44.3 cm³/mol. The van der Waals surface area contributed by atoms with Gasteiger partial charge in [-0.3, -0.25) is 0 Å². The van der Waals surface area contributed by atoms with Crippen LogP contribution in [0.25, 0.3) is 0 Å². The van der Waals surface area contributed by atoms with Crippen molar-refractivity contribution in [1.29, 1.82) is 0 Å². The Morgan fingerprint density at radius 1 is 1.42 bits per heavy atom. The van der Waals surface area contributed by atoms with Crippen LogP contribution in [0.2, 0.25) is 0 Å². The van der Waals surface area contributed by atoms with Crippen LogP contribution in [0.1, 0.15) is 18.9 Å². The van der Waals surface area contributed by atoms with Crippen molar-refractivity contribution < 1.29 is 9.13 Å². The number of hydrogen-bond donors (Lipinski definition) is 0. The molecular weight excluding hydrogens is 155 g/mol. The van der Waals surface area contributed by atoms with Crippen molar-refractivity contribution in [3.05, 3.63) is 35.6 Å². The van der Waals surface area contributed by atoms with Gasteiger partial charge in [-0.05, 0) is 24.1 Å². The first kappa shape index (κ1) is 7.74. The van der Waals surface area contributed by atoms with E-state index in [1.807, 2.05) is 0 Å². The maximum absolute atomic E-state index is 12.6. The second-order valence-corrected chi connectivity index (χ2v) is 3.14. The molecule has 0 amide bonds. The third-order valence-corrected chi connectivity index (χ3v) is 2.43. The van der Waals surface area contributed by atoms with Gasteiger partial charge in [-0.2, -0.15) is 0 Å². The van der Waals surface area contributed by atoms with E-state index in [0.717, 1.165) is 18.6 Å². The zero-order valence-electron chi connectivity index (χ0n) is 7.01. The summed E-state index contributed by atoms with van der Waals surface area (Å²) in [5.41, 5.74) is 1.000. The number of halogens is 1. The van der Waals surface area contributed by atoms with Crippen LogP contribution in [0.4, 0.5) is 4.39 Å². The first-order chi connectivity index (χ1) is 5.77. The van der Waals surface area contributed by atoms with Crippen LogP contribution in [0.5, 0.6) is 0 Å². The van der Waals surface area contributed by atoms with E-state index in [-0.39, 0.29) is 11.4 Å². The molecule has 1 heterocycles. The van der Waals surface area contributed by atoms with Gasteiger partial charge in [0.15, 0.2) is 0 Å². The molecule has 12 heavy (non-hydrogen) atoms. The first-order valence-electron chi connectivity index (χ1n) is 4.17. The van der Waals surface area contributed by atoms with E-state index < -0.39 is 0 Å². The summed E-state index contributed by atoms with van der Waals surface area (Å²) < 4.78 is 17.9. The Balaban J connectivity index is 2.29. The van der Waals surface area contributed by atoms with Crippen LogP contribution in [0.3, 0.4) is 0 Å². The molecule has 64 valence electrons. The Kier molecular flexibility index (Phi) is 1.65. The molecule has 1 aliphatic rings. The average molecular weight is 166 g/mol. The molecule has 2 heteroatoms. The van der Waals surface area contributed by atoms with E-state index in [1.165, 1.54) is 12.1 Å². The molecule has 1 fully saturated rings. The zero-order valence-corrected chi connectivity index (χ0v) is 7.01. The minimum Gasteiger partial charge on any atom is -0.365 e. The lowest BCUT2D eigenvalue weighted by Crippen LogP contribution is -2.06. The molecule has 0 saturated carbocycles. The van der Waals surface area contributed by atoms with Crippen molar-refractivity contribution in [1.82, 2.24) is 0 Å². The Bertz CT molecular complexity index is 274. The molecule has 0 aliphatic carbocycles. The molecule has 0 N–H and O–H groups in total. The topological polar surface area (TPSA) is 12.5 Å². The summed E-state index contributed by atoms with van der Waals surface area (Å²) in [5, 5.41) is 0. The molecule has 2 rings (SSSR count).